The summed E-state index contributed by atoms with van der Waals surface area (Å²) < 4.78 is 0. The molecular formula is C15H22ClN3O2. The molecule has 0 aliphatic carbocycles. The van der Waals surface area contributed by atoms with Crippen molar-refractivity contribution in [2.24, 2.45) is 0 Å². The second-order valence-corrected chi connectivity index (χ2v) is 5.16. The molecule has 0 saturated carbocycles. The van der Waals surface area contributed by atoms with Crippen LogP contribution in [0.5, 0.6) is 0 Å². The molecule has 0 radical (unpaired) electrons. The van der Waals surface area contributed by atoms with Crippen LogP contribution in [0.1, 0.15) is 15.9 Å². The van der Waals surface area contributed by atoms with Crippen molar-refractivity contribution in [3.8, 4) is 0 Å². The standard InChI is InChI=1S/C15H21N3O2.ClH/c1-12-3-5-13(6-4-12)15(20)17(2)11-14(19)18-9-7-16-8-10-18;/h3-6,16H,7-11H2,1-2H3;1H. The summed E-state index contributed by atoms with van der Waals surface area (Å²) in [6, 6.07) is 7.39. The summed E-state index contributed by atoms with van der Waals surface area (Å²) in [7, 11) is 1.67. The Morgan fingerprint density at radius 2 is 1.76 bits per heavy atom. The number of nitrogens with one attached hydrogen (secondary N) is 1. The van der Waals surface area contributed by atoms with Crippen LogP contribution in [0.25, 0.3) is 0 Å². The number of carbonyl (C=O) groups is 2. The molecule has 1 saturated heterocycles. The number of hydrogen-bond donors (Lipinski definition) is 1. The molecule has 1 aromatic carbocycles. The second kappa shape index (κ2) is 8.00. The lowest BCUT2D eigenvalue weighted by Crippen LogP contribution is -2.49. The van der Waals surface area contributed by atoms with Crippen LogP contribution in [-0.4, -0.2) is 61.4 Å². The Morgan fingerprint density at radius 1 is 1.19 bits per heavy atom. The average molecular weight is 312 g/mol. The van der Waals surface area contributed by atoms with Gasteiger partial charge in [0.2, 0.25) is 5.91 Å². The van der Waals surface area contributed by atoms with Gasteiger partial charge in [-0.3, -0.25) is 9.59 Å². The Balaban J connectivity index is 0.00000220. The predicted molar refractivity (Wildman–Crippen MR) is 84.8 cm³/mol. The van der Waals surface area contributed by atoms with Gasteiger partial charge in [-0.2, -0.15) is 0 Å². The molecular weight excluding hydrogens is 290 g/mol. The van der Waals surface area contributed by atoms with Crippen LogP contribution >= 0.6 is 12.4 Å². The summed E-state index contributed by atoms with van der Waals surface area (Å²) in [5.41, 5.74) is 1.73. The van der Waals surface area contributed by atoms with Crippen LogP contribution in [0.3, 0.4) is 0 Å². The van der Waals surface area contributed by atoms with Crippen molar-refractivity contribution in [1.82, 2.24) is 15.1 Å². The van der Waals surface area contributed by atoms with Gasteiger partial charge >= 0.3 is 0 Å². The van der Waals surface area contributed by atoms with E-state index in [4.69, 9.17) is 0 Å². The first-order valence-corrected chi connectivity index (χ1v) is 6.88. The number of amides is 2. The van der Waals surface area contributed by atoms with E-state index in [-0.39, 0.29) is 30.8 Å². The van der Waals surface area contributed by atoms with E-state index in [1.165, 1.54) is 4.90 Å². The zero-order valence-electron chi connectivity index (χ0n) is 12.5. The monoisotopic (exact) mass is 311 g/mol. The van der Waals surface area contributed by atoms with E-state index < -0.39 is 0 Å². The molecule has 1 heterocycles. The van der Waals surface area contributed by atoms with Gasteiger partial charge in [0, 0.05) is 38.8 Å². The molecule has 1 aromatic rings. The van der Waals surface area contributed by atoms with Gasteiger partial charge in [0.15, 0.2) is 0 Å². The molecule has 1 fully saturated rings. The fourth-order valence-corrected chi connectivity index (χ4v) is 2.21. The summed E-state index contributed by atoms with van der Waals surface area (Å²) in [6.45, 7) is 5.18. The van der Waals surface area contributed by atoms with Crippen molar-refractivity contribution in [2.75, 3.05) is 39.8 Å². The first-order chi connectivity index (χ1) is 9.58. The fourth-order valence-electron chi connectivity index (χ4n) is 2.21. The summed E-state index contributed by atoms with van der Waals surface area (Å²) >= 11 is 0. The minimum atomic E-state index is -0.117. The SMILES string of the molecule is Cc1ccc(C(=O)N(C)CC(=O)N2CCNCC2)cc1.Cl. The zero-order valence-corrected chi connectivity index (χ0v) is 13.3. The molecule has 0 atom stereocenters. The van der Waals surface area contributed by atoms with Gasteiger partial charge in [0.1, 0.15) is 0 Å². The van der Waals surface area contributed by atoms with Crippen molar-refractivity contribution in [3.63, 3.8) is 0 Å². The molecule has 0 bridgehead atoms. The summed E-state index contributed by atoms with van der Waals surface area (Å²) in [5, 5.41) is 3.20. The lowest BCUT2D eigenvalue weighted by molar-refractivity contribution is -0.132. The third kappa shape index (κ3) is 4.72. The number of rotatable bonds is 3. The van der Waals surface area contributed by atoms with Gasteiger partial charge in [-0.25, -0.2) is 0 Å². The highest BCUT2D eigenvalue weighted by atomic mass is 35.5. The Bertz CT molecular complexity index is 484. The zero-order chi connectivity index (χ0) is 14.5. The second-order valence-electron chi connectivity index (χ2n) is 5.16. The number of aryl methyl sites for hydroxylation is 1. The van der Waals surface area contributed by atoms with Crippen molar-refractivity contribution < 1.29 is 9.59 Å². The number of hydrogen-bond acceptors (Lipinski definition) is 3. The number of piperazine rings is 1. The van der Waals surface area contributed by atoms with Crippen LogP contribution in [0, 0.1) is 6.92 Å². The number of likely N-dealkylation sites (N-methyl/N-ethyl adjacent to an activating group) is 1. The molecule has 0 unspecified atom stereocenters. The van der Waals surface area contributed by atoms with Crippen molar-refractivity contribution in [2.45, 2.75) is 6.92 Å². The van der Waals surface area contributed by atoms with Gasteiger partial charge in [0.05, 0.1) is 6.54 Å². The van der Waals surface area contributed by atoms with Crippen LogP contribution in [0.4, 0.5) is 0 Å². The van der Waals surface area contributed by atoms with Crippen LogP contribution in [0.2, 0.25) is 0 Å². The first-order valence-electron chi connectivity index (χ1n) is 6.88. The van der Waals surface area contributed by atoms with Gasteiger partial charge in [-0.05, 0) is 19.1 Å². The Morgan fingerprint density at radius 3 is 2.33 bits per heavy atom. The highest BCUT2D eigenvalue weighted by Crippen LogP contribution is 2.06. The van der Waals surface area contributed by atoms with Crippen LogP contribution < -0.4 is 5.32 Å². The molecule has 2 rings (SSSR count). The minimum absolute atomic E-state index is 0. The molecule has 21 heavy (non-hydrogen) atoms. The molecule has 1 aliphatic heterocycles. The molecule has 2 amide bonds. The van der Waals surface area contributed by atoms with E-state index >= 15 is 0 Å². The van der Waals surface area contributed by atoms with Crippen molar-refractivity contribution in [3.05, 3.63) is 35.4 Å². The lowest BCUT2D eigenvalue weighted by atomic mass is 10.1. The van der Waals surface area contributed by atoms with E-state index in [1.807, 2.05) is 19.1 Å². The van der Waals surface area contributed by atoms with Gasteiger partial charge in [-0.15, -0.1) is 12.4 Å². The minimum Gasteiger partial charge on any atom is -0.339 e. The van der Waals surface area contributed by atoms with Crippen LogP contribution in [-0.2, 0) is 4.79 Å². The van der Waals surface area contributed by atoms with E-state index in [9.17, 15) is 9.59 Å². The molecule has 5 nitrogen and oxygen atoms in total. The highest BCUT2D eigenvalue weighted by Gasteiger charge is 2.20. The quantitative estimate of drug-likeness (QED) is 0.903. The Hall–Kier alpha value is -1.59. The molecule has 0 aromatic heterocycles. The largest absolute Gasteiger partial charge is 0.339 e. The van der Waals surface area contributed by atoms with Crippen LogP contribution in [0.15, 0.2) is 24.3 Å². The Kier molecular flexibility index (Phi) is 6.65. The molecule has 1 N–H and O–H groups in total. The summed E-state index contributed by atoms with van der Waals surface area (Å²) in [6.07, 6.45) is 0. The topological polar surface area (TPSA) is 52.7 Å². The maximum Gasteiger partial charge on any atom is 0.254 e. The van der Waals surface area contributed by atoms with Gasteiger partial charge in [0.25, 0.3) is 5.91 Å². The number of carbonyl (C=O) groups excluding carboxylic acids is 2. The predicted octanol–water partition coefficient (Wildman–Crippen LogP) is 0.921. The summed E-state index contributed by atoms with van der Waals surface area (Å²) in [4.78, 5) is 27.6. The fraction of sp³-hybridized carbons (Fsp3) is 0.467. The maximum atomic E-state index is 12.2. The number of benzene rings is 1. The molecule has 6 heteroatoms. The highest BCUT2D eigenvalue weighted by molar-refractivity contribution is 5.96. The third-order valence-corrected chi connectivity index (χ3v) is 3.49. The third-order valence-electron chi connectivity index (χ3n) is 3.49. The van der Waals surface area contributed by atoms with E-state index in [2.05, 4.69) is 5.32 Å². The van der Waals surface area contributed by atoms with E-state index in [0.29, 0.717) is 18.7 Å². The van der Waals surface area contributed by atoms with E-state index in [1.54, 1.807) is 24.1 Å². The molecule has 116 valence electrons. The van der Waals surface area contributed by atoms with E-state index in [0.717, 1.165) is 18.7 Å². The maximum absolute atomic E-state index is 12.2. The molecule has 1 aliphatic rings. The van der Waals surface area contributed by atoms with Crippen molar-refractivity contribution >= 4 is 24.2 Å². The van der Waals surface area contributed by atoms with Gasteiger partial charge < -0.3 is 15.1 Å². The summed E-state index contributed by atoms with van der Waals surface area (Å²) in [5.74, 6) is -0.108. The first kappa shape index (κ1) is 17.5. The average Bonchev–Trinajstić information content (AvgIpc) is 2.48. The lowest BCUT2D eigenvalue weighted by Gasteiger charge is -2.29. The smallest absolute Gasteiger partial charge is 0.254 e. The van der Waals surface area contributed by atoms with Crippen molar-refractivity contribution in [1.29, 1.82) is 0 Å². The molecule has 0 spiro atoms. The normalized spacial score (nSPS) is 14.3. The Labute approximate surface area is 131 Å². The van der Waals surface area contributed by atoms with Gasteiger partial charge in [-0.1, -0.05) is 17.7 Å². The number of nitrogens with zero attached hydrogens (tertiary/aromatic N) is 2. The number of halogens is 1.